The Morgan fingerprint density at radius 3 is 2.70 bits per heavy atom. The molecule has 0 aliphatic heterocycles. The van der Waals surface area contributed by atoms with Gasteiger partial charge in [-0.05, 0) is 43.7 Å². The molecule has 3 aromatic heterocycles. The molecule has 1 N–H and O–H groups in total. The number of anilines is 2. The van der Waals surface area contributed by atoms with E-state index in [2.05, 4.69) is 20.3 Å². The maximum absolute atomic E-state index is 4.60. The Balaban J connectivity index is 1.88. The molecule has 0 amide bonds. The molecule has 0 aromatic carbocycles. The summed E-state index contributed by atoms with van der Waals surface area (Å²) in [6.07, 6.45) is 3.64. The molecule has 5 heteroatoms. The Morgan fingerprint density at radius 1 is 1.05 bits per heavy atom. The second-order valence-corrected chi connectivity index (χ2v) is 5.73. The molecule has 0 saturated heterocycles. The SMILES string of the molecule is Cc1ccnc(Nc2cccc(-c3cnc(C)s3)n2)c1. The zero-order valence-corrected chi connectivity index (χ0v) is 12.1. The molecule has 0 radical (unpaired) electrons. The molecule has 0 atom stereocenters. The zero-order valence-electron chi connectivity index (χ0n) is 11.3. The van der Waals surface area contributed by atoms with Crippen LogP contribution in [0.3, 0.4) is 0 Å². The van der Waals surface area contributed by atoms with Crippen molar-refractivity contribution in [2.75, 3.05) is 5.32 Å². The molecule has 0 spiro atoms. The third kappa shape index (κ3) is 2.83. The predicted molar refractivity (Wildman–Crippen MR) is 82.3 cm³/mol. The summed E-state index contributed by atoms with van der Waals surface area (Å²) in [6.45, 7) is 4.03. The highest BCUT2D eigenvalue weighted by molar-refractivity contribution is 7.15. The molecule has 4 nitrogen and oxygen atoms in total. The van der Waals surface area contributed by atoms with Gasteiger partial charge < -0.3 is 5.32 Å². The lowest BCUT2D eigenvalue weighted by Crippen LogP contribution is -1.96. The van der Waals surface area contributed by atoms with Gasteiger partial charge in [-0.1, -0.05) is 6.07 Å². The van der Waals surface area contributed by atoms with E-state index in [1.165, 1.54) is 0 Å². The summed E-state index contributed by atoms with van der Waals surface area (Å²) < 4.78 is 0. The molecule has 0 bridgehead atoms. The summed E-state index contributed by atoms with van der Waals surface area (Å²) in [6, 6.07) is 9.86. The van der Waals surface area contributed by atoms with Crippen molar-refractivity contribution in [1.82, 2.24) is 15.0 Å². The van der Waals surface area contributed by atoms with Crippen LogP contribution >= 0.6 is 11.3 Å². The molecular formula is C15H14N4S. The number of hydrogen-bond acceptors (Lipinski definition) is 5. The molecule has 0 fully saturated rings. The van der Waals surface area contributed by atoms with Gasteiger partial charge in [-0.2, -0.15) is 0 Å². The lowest BCUT2D eigenvalue weighted by atomic mass is 10.3. The van der Waals surface area contributed by atoms with Gasteiger partial charge in [0.15, 0.2) is 0 Å². The summed E-state index contributed by atoms with van der Waals surface area (Å²) in [5.41, 5.74) is 2.09. The molecule has 100 valence electrons. The van der Waals surface area contributed by atoms with Crippen molar-refractivity contribution >= 4 is 23.0 Å². The number of rotatable bonds is 3. The Labute approximate surface area is 121 Å². The molecule has 3 rings (SSSR count). The van der Waals surface area contributed by atoms with Gasteiger partial charge in [-0.25, -0.2) is 15.0 Å². The first kappa shape index (κ1) is 12.7. The molecule has 20 heavy (non-hydrogen) atoms. The van der Waals surface area contributed by atoms with E-state index >= 15 is 0 Å². The number of hydrogen-bond donors (Lipinski definition) is 1. The smallest absolute Gasteiger partial charge is 0.132 e. The molecule has 3 heterocycles. The quantitative estimate of drug-likeness (QED) is 0.790. The summed E-state index contributed by atoms with van der Waals surface area (Å²) in [5.74, 6) is 1.58. The van der Waals surface area contributed by atoms with Gasteiger partial charge in [-0.3, -0.25) is 0 Å². The minimum absolute atomic E-state index is 0.784. The molecule has 0 unspecified atom stereocenters. The number of thiazole rings is 1. The lowest BCUT2D eigenvalue weighted by molar-refractivity contribution is 1.24. The number of nitrogens with one attached hydrogen (secondary N) is 1. The number of aromatic nitrogens is 3. The monoisotopic (exact) mass is 282 g/mol. The van der Waals surface area contributed by atoms with Crippen LogP contribution in [0.25, 0.3) is 10.6 Å². The van der Waals surface area contributed by atoms with Crippen LogP contribution in [0.2, 0.25) is 0 Å². The second-order valence-electron chi connectivity index (χ2n) is 4.50. The Hall–Kier alpha value is -2.27. The minimum atomic E-state index is 0.784. The van der Waals surface area contributed by atoms with Crippen molar-refractivity contribution in [3.8, 4) is 10.6 Å². The Kier molecular flexibility index (Phi) is 3.43. The van der Waals surface area contributed by atoms with Gasteiger partial charge in [-0.15, -0.1) is 11.3 Å². The van der Waals surface area contributed by atoms with E-state index in [9.17, 15) is 0 Å². The first-order valence-electron chi connectivity index (χ1n) is 6.30. The second kappa shape index (κ2) is 5.38. The van der Waals surface area contributed by atoms with Crippen LogP contribution in [0.5, 0.6) is 0 Å². The first-order chi connectivity index (χ1) is 9.70. The average molecular weight is 282 g/mol. The third-order valence-electron chi connectivity index (χ3n) is 2.79. The minimum Gasteiger partial charge on any atom is -0.325 e. The van der Waals surface area contributed by atoms with Crippen LogP contribution < -0.4 is 5.32 Å². The standard InChI is InChI=1S/C15H14N4S/c1-10-6-7-16-15(8-10)19-14-5-3-4-12(18-14)13-9-17-11(2)20-13/h3-9H,1-2H3,(H,16,18,19). The summed E-state index contributed by atoms with van der Waals surface area (Å²) >= 11 is 1.64. The topological polar surface area (TPSA) is 50.7 Å². The van der Waals surface area contributed by atoms with E-state index in [4.69, 9.17) is 0 Å². The van der Waals surface area contributed by atoms with Gasteiger partial charge >= 0.3 is 0 Å². The van der Waals surface area contributed by atoms with Crippen molar-refractivity contribution in [1.29, 1.82) is 0 Å². The molecule has 0 aliphatic carbocycles. The van der Waals surface area contributed by atoms with Gasteiger partial charge in [0.2, 0.25) is 0 Å². The van der Waals surface area contributed by atoms with Crippen LogP contribution in [0.1, 0.15) is 10.6 Å². The highest BCUT2D eigenvalue weighted by atomic mass is 32.1. The van der Waals surface area contributed by atoms with Crippen LogP contribution in [0.15, 0.2) is 42.7 Å². The number of aryl methyl sites for hydroxylation is 2. The van der Waals surface area contributed by atoms with Gasteiger partial charge in [0.1, 0.15) is 11.6 Å². The summed E-state index contributed by atoms with van der Waals surface area (Å²) in [7, 11) is 0. The van der Waals surface area contributed by atoms with E-state index in [0.29, 0.717) is 0 Å². The van der Waals surface area contributed by atoms with Crippen molar-refractivity contribution in [3.63, 3.8) is 0 Å². The van der Waals surface area contributed by atoms with Gasteiger partial charge in [0.05, 0.1) is 15.6 Å². The van der Waals surface area contributed by atoms with Gasteiger partial charge in [0.25, 0.3) is 0 Å². The van der Waals surface area contributed by atoms with E-state index < -0.39 is 0 Å². The maximum Gasteiger partial charge on any atom is 0.132 e. The predicted octanol–water partition coefficient (Wildman–Crippen LogP) is 3.96. The van der Waals surface area contributed by atoms with Crippen LogP contribution in [-0.2, 0) is 0 Å². The fourth-order valence-corrected chi connectivity index (χ4v) is 2.60. The lowest BCUT2D eigenvalue weighted by Gasteiger charge is -2.06. The van der Waals surface area contributed by atoms with Crippen molar-refractivity contribution in [2.45, 2.75) is 13.8 Å². The Bertz CT molecular complexity index is 736. The summed E-state index contributed by atoms with van der Waals surface area (Å²) in [5, 5.41) is 4.27. The number of pyridine rings is 2. The summed E-state index contributed by atoms with van der Waals surface area (Å²) in [4.78, 5) is 14.2. The Morgan fingerprint density at radius 2 is 1.95 bits per heavy atom. The van der Waals surface area contributed by atoms with Gasteiger partial charge in [0, 0.05) is 12.4 Å². The van der Waals surface area contributed by atoms with Crippen LogP contribution in [0.4, 0.5) is 11.6 Å². The highest BCUT2D eigenvalue weighted by Crippen LogP contribution is 2.25. The van der Waals surface area contributed by atoms with E-state index in [0.717, 1.165) is 32.8 Å². The van der Waals surface area contributed by atoms with Crippen molar-refractivity contribution < 1.29 is 0 Å². The first-order valence-corrected chi connectivity index (χ1v) is 7.12. The number of nitrogens with zero attached hydrogens (tertiary/aromatic N) is 3. The molecule has 0 aliphatic rings. The fourth-order valence-electron chi connectivity index (χ4n) is 1.86. The molecule has 3 aromatic rings. The van der Waals surface area contributed by atoms with E-state index in [-0.39, 0.29) is 0 Å². The maximum atomic E-state index is 4.60. The van der Waals surface area contributed by atoms with Crippen LogP contribution in [0, 0.1) is 13.8 Å². The van der Waals surface area contributed by atoms with Crippen LogP contribution in [-0.4, -0.2) is 15.0 Å². The van der Waals surface area contributed by atoms with Crippen molar-refractivity contribution in [3.05, 3.63) is 53.3 Å². The third-order valence-corrected chi connectivity index (χ3v) is 3.73. The van der Waals surface area contributed by atoms with Crippen molar-refractivity contribution in [2.24, 2.45) is 0 Å². The van der Waals surface area contributed by atoms with E-state index in [1.807, 2.05) is 50.4 Å². The zero-order chi connectivity index (χ0) is 13.9. The highest BCUT2D eigenvalue weighted by Gasteiger charge is 2.05. The molecular weight excluding hydrogens is 268 g/mol. The normalized spacial score (nSPS) is 10.5. The largest absolute Gasteiger partial charge is 0.325 e. The fraction of sp³-hybridized carbons (Fsp3) is 0.133. The molecule has 0 saturated carbocycles. The average Bonchev–Trinajstić information content (AvgIpc) is 2.86. The van der Waals surface area contributed by atoms with E-state index in [1.54, 1.807) is 17.5 Å².